The van der Waals surface area contributed by atoms with E-state index in [1.165, 1.54) is 24.3 Å². The fourth-order valence-corrected chi connectivity index (χ4v) is 17.2. The zero-order valence-corrected chi connectivity index (χ0v) is 88.8. The molecule has 0 bridgehead atoms. The summed E-state index contributed by atoms with van der Waals surface area (Å²) in [5.41, 5.74) is 8.27. The van der Waals surface area contributed by atoms with Gasteiger partial charge in [0.1, 0.15) is 66.2 Å². The third-order valence-corrected chi connectivity index (χ3v) is 24.6. The van der Waals surface area contributed by atoms with Crippen LogP contribution in [-0.2, 0) is 115 Å². The van der Waals surface area contributed by atoms with Gasteiger partial charge in [-0.1, -0.05) is 104 Å². The molecule has 2 aromatic heterocycles. The van der Waals surface area contributed by atoms with E-state index in [2.05, 4.69) is 123 Å². The molecule has 18 amide bonds. The topological polar surface area (TPSA) is 634 Å². The van der Waals surface area contributed by atoms with Crippen molar-refractivity contribution in [2.24, 2.45) is 17.6 Å². The normalized spacial score (nSPS) is 17.1. The second-order valence-corrected chi connectivity index (χ2v) is 35.8. The number of aromatic amines is 2. The maximum Gasteiger partial charge on any atom is 0.303 e. The predicted octanol–water partition coefficient (Wildman–Crippen LogP) is -3.88. The SMILES string of the molecule is [CH2-]C(=O)NCCN(CCNC([CH2-])=O)CC(=O)NCCOCCNC(=O)[C@H](CCC(N)=O)NC(=O)[C@@H](NC(=O)[C@H](Cc1c[nH]c2ccccc12)NC(=O)[C@@H]1CSSC[C@H](NC(=O)[C@H](CCC(=O)O)NC(=O)[C@H](Cc2c[nH]c3ccccc23)NC(=O)CN(CCNC([CH2-])=O)CCNC([CH2-])=O)C(=O)N2CCCC2C(=O)N[C@@H](Cc2ccc(O)cc2)C(=O)NCC(=O)N[C@@H](CC(C)C)C(=O)N1)C(C)CC.[Gd].[Gd].[Gd].[Gd]. The number of rotatable bonds is 50. The molecule has 50 heteroatoms. The van der Waals surface area contributed by atoms with Gasteiger partial charge in [0.05, 0.1) is 56.5 Å². The molecule has 4 heterocycles. The first-order valence-corrected chi connectivity index (χ1v) is 47.2. The standard InChI is InChI=1S/C90H126N22O22S2.4Gd/c1-9-53(4)80(89(132)104-66(24-26-75(91)118)81(124)97-33-40-134-39-32-96-77(120)48-110(35-28-92-54(5)113)36-29-93-55(6)114)109-86(129)71(44-60-46-99-65-18-13-11-16-63(60)65)105-87(130)72-50-135-136-51-73(90(133)112-34-14-19-74(112)88(131)106-69(42-58-20-22-61(117)23-21-58)82(125)100-47-76(119)101-68(41-52(2)3)84(127)107-72)108-83(126)67(25-27-79(122)123)103-85(128)70(43-59-45-98-64-17-12-10-15-62(59)64)102-78(121)49-111(37-30-94-56(7)115)38-31-95-57(8)116;;;;/h10-13,15-18,20-23,45-46,52-53,66-74,80,98-99,117H,5-9,14,19,24-44,47-51H2,1-4H3,(H2,91,118)(H,92,113)(H,93,114)(H,94,115)(H,95,116)(H,96,120)(H,97,124)(H,100,125)(H,101,119)(H,102,121)(H,103,128)(H,104,132)(H,105,130)(H,106,131)(H,107,127)(H,108,126)(H,109,129)(H,122,123);;;;/q-4;;;;/t53?,66-,67-,68-,69-,70-,71-,72-,73-,74?,80-;;;;/m0..../s1. The van der Waals surface area contributed by atoms with E-state index in [4.69, 9.17) is 10.5 Å². The van der Waals surface area contributed by atoms with Crippen LogP contribution in [-0.4, -0.2) is 324 Å². The minimum Gasteiger partial charge on any atom is -0.508 e. The first kappa shape index (κ1) is 126. The van der Waals surface area contributed by atoms with Crippen molar-refractivity contribution in [3.63, 3.8) is 0 Å². The Kier molecular flexibility index (Phi) is 60.0. The van der Waals surface area contributed by atoms with Crippen molar-refractivity contribution in [3.8, 4) is 5.75 Å². The number of carbonyl (C=O) groups is 19. The number of H-pyrrole nitrogens is 2. The number of aromatic hydroxyl groups is 1. The molecule has 2 unspecified atom stereocenters. The summed E-state index contributed by atoms with van der Waals surface area (Å²) >= 11 is 0. The largest absolute Gasteiger partial charge is 0.508 e. The Bertz CT molecular complexity index is 4950. The number of primary amides is 1. The number of aliphatic carboxylic acids is 1. The van der Waals surface area contributed by atoms with E-state index in [0.717, 1.165) is 26.5 Å². The number of nitrogens with one attached hydrogen (secondary N) is 18. The Morgan fingerprint density at radius 1 is 0.550 bits per heavy atom. The summed E-state index contributed by atoms with van der Waals surface area (Å²) in [7, 11) is 1.72. The van der Waals surface area contributed by atoms with Gasteiger partial charge in [0, 0.05) is 310 Å². The Morgan fingerprint density at radius 2 is 1.06 bits per heavy atom. The fraction of sp³-hybridized carbons (Fsp3) is 0.500. The van der Waals surface area contributed by atoms with Crippen molar-refractivity contribution in [2.75, 3.05) is 116 Å². The summed E-state index contributed by atoms with van der Waals surface area (Å²) < 4.78 is 5.66. The van der Waals surface area contributed by atoms with E-state index in [9.17, 15) is 72.5 Å². The molecule has 776 valence electrons. The maximum absolute atomic E-state index is 15.6. The van der Waals surface area contributed by atoms with Crippen LogP contribution in [0.5, 0.6) is 5.75 Å². The molecule has 0 radical (unpaired) electrons. The van der Waals surface area contributed by atoms with Gasteiger partial charge in [-0.25, -0.2) is 0 Å². The Hall–Kier alpha value is -8.17. The van der Waals surface area contributed by atoms with Crippen molar-refractivity contribution in [1.82, 2.24) is 110 Å². The summed E-state index contributed by atoms with van der Waals surface area (Å²) in [5.74, 6) is -18.0. The van der Waals surface area contributed by atoms with Gasteiger partial charge >= 0.3 is 5.97 Å². The Balaban J connectivity index is 0.0000126. The number of nitrogens with zero attached hydrogens (tertiary/aromatic N) is 3. The monoisotopic (exact) mass is 2560 g/mol. The van der Waals surface area contributed by atoms with Gasteiger partial charge in [0.2, 0.25) is 82.7 Å². The number of benzene rings is 3. The molecule has 140 heavy (non-hydrogen) atoms. The average Bonchev–Trinajstić information content (AvgIpc) is 1.55. The van der Waals surface area contributed by atoms with E-state index in [-0.39, 0.29) is 321 Å². The molecule has 5 aromatic rings. The van der Waals surface area contributed by atoms with Crippen molar-refractivity contribution in [1.29, 1.82) is 0 Å². The Labute approximate surface area is 948 Å². The van der Waals surface area contributed by atoms with E-state index in [0.29, 0.717) is 38.5 Å². The van der Waals surface area contributed by atoms with Crippen LogP contribution < -0.4 is 90.8 Å². The van der Waals surface area contributed by atoms with Gasteiger partial charge in [-0.15, -0.1) is 0 Å². The van der Waals surface area contributed by atoms with E-state index in [1.54, 1.807) is 98.4 Å². The second-order valence-electron chi connectivity index (χ2n) is 33.2. The number of phenolic OH excluding ortho intramolecular Hbond substituents is 1. The third kappa shape index (κ3) is 45.4. The van der Waals surface area contributed by atoms with Crippen LogP contribution in [0.15, 0.2) is 85.2 Å². The summed E-state index contributed by atoms with van der Waals surface area (Å²) in [5, 5.41) is 64.1. The van der Waals surface area contributed by atoms with Crippen LogP contribution >= 0.6 is 21.6 Å². The van der Waals surface area contributed by atoms with Crippen LogP contribution in [0.2, 0.25) is 0 Å². The molecule has 44 nitrogen and oxygen atoms in total. The number of amides is 18. The quantitative estimate of drug-likeness (QED) is 0.0101. The van der Waals surface area contributed by atoms with Crippen LogP contribution in [0.1, 0.15) is 95.8 Å². The van der Waals surface area contributed by atoms with Gasteiger partial charge in [0.25, 0.3) is 0 Å². The molecular formula is C90H126Gd4N22O22S2-4. The van der Waals surface area contributed by atoms with E-state index in [1.807, 2.05) is 0 Å². The van der Waals surface area contributed by atoms with Gasteiger partial charge in [-0.2, -0.15) is 0 Å². The molecule has 22 N–H and O–H groups in total. The molecule has 0 spiro atoms. The van der Waals surface area contributed by atoms with Gasteiger partial charge < -0.3 is 167 Å². The Morgan fingerprint density at radius 3 is 1.59 bits per heavy atom. The van der Waals surface area contributed by atoms with Gasteiger partial charge in [-0.05, 0) is 84.9 Å². The molecule has 0 saturated carbocycles. The molecule has 2 aliphatic heterocycles. The average molecular weight is 2560 g/mol. The minimum absolute atomic E-state index is 0. The summed E-state index contributed by atoms with van der Waals surface area (Å²) in [6.07, 6.45) is 0.742. The van der Waals surface area contributed by atoms with Crippen LogP contribution in [0.4, 0.5) is 0 Å². The second kappa shape index (κ2) is 66.7. The number of nitrogens with two attached hydrogens (primary N) is 1. The summed E-state index contributed by atoms with van der Waals surface area (Å²) in [4.78, 5) is 274. The number of carboxylic acid groups (broad SMARTS) is 1. The zero-order chi connectivity index (χ0) is 99.5. The van der Waals surface area contributed by atoms with Crippen molar-refractivity contribution >= 4 is 156 Å². The maximum atomic E-state index is 15.6. The zero-order valence-electron chi connectivity index (χ0n) is 78.1. The first-order valence-electron chi connectivity index (χ1n) is 44.7. The molecule has 2 fully saturated rings. The number of hydrogen-bond donors (Lipinski definition) is 21. The summed E-state index contributed by atoms with van der Waals surface area (Å²) in [6, 6.07) is 4.13. The number of ether oxygens (including phenoxy) is 1. The smallest absolute Gasteiger partial charge is 0.303 e. The minimum atomic E-state index is -1.81. The van der Waals surface area contributed by atoms with Crippen molar-refractivity contribution < 1.29 is 266 Å². The summed E-state index contributed by atoms with van der Waals surface area (Å²) in [6.45, 7) is 19.4. The number of carboxylic acids is 1. The van der Waals surface area contributed by atoms with Gasteiger partial charge in [0.15, 0.2) is 0 Å². The number of fused-ring (bicyclic) bond motifs is 3. The van der Waals surface area contributed by atoms with Gasteiger partial charge in [-0.3, -0.25) is 81.7 Å². The molecule has 0 aliphatic carbocycles. The van der Waals surface area contributed by atoms with E-state index < -0.39 is 216 Å². The first-order chi connectivity index (χ1) is 64.8. The van der Waals surface area contributed by atoms with Crippen LogP contribution in [0.3, 0.4) is 0 Å². The van der Waals surface area contributed by atoms with E-state index >= 15 is 28.8 Å². The number of hydrogen-bond acceptors (Lipinski definition) is 25. The number of phenols is 1. The van der Waals surface area contributed by atoms with Crippen LogP contribution in [0.25, 0.3) is 21.8 Å². The molecule has 11 atom stereocenters. The molecule has 2 saturated heterocycles. The third-order valence-electron chi connectivity index (χ3n) is 22.1. The molecular weight excluding hydrogens is 2430 g/mol. The number of aromatic nitrogens is 2. The number of para-hydroxylation sites is 2. The molecule has 7 rings (SSSR count). The molecule has 3 aromatic carbocycles. The fourth-order valence-electron chi connectivity index (χ4n) is 14.9. The van der Waals surface area contributed by atoms with Crippen LogP contribution in [0, 0.1) is 199 Å². The van der Waals surface area contributed by atoms with Crippen molar-refractivity contribution in [2.45, 2.75) is 159 Å². The number of carbonyl (C=O) groups excluding carboxylic acids is 18. The van der Waals surface area contributed by atoms with Crippen molar-refractivity contribution in [3.05, 3.63) is 130 Å². The predicted molar refractivity (Wildman–Crippen MR) is 503 cm³/mol. The molecule has 2 aliphatic rings.